The highest BCUT2D eigenvalue weighted by Crippen LogP contribution is 2.27. The third-order valence-corrected chi connectivity index (χ3v) is 13.0. The van der Waals surface area contributed by atoms with Gasteiger partial charge in [-0.05, 0) is 32.9 Å². The lowest BCUT2D eigenvalue weighted by molar-refractivity contribution is -0.109. The Hall–Kier alpha value is -6.11. The minimum absolute atomic E-state index is 0.429. The van der Waals surface area contributed by atoms with E-state index in [0.29, 0.717) is 22.8 Å². The Balaban J connectivity index is 0.000000195. The quantitative estimate of drug-likeness (QED) is 0.0301. The van der Waals surface area contributed by atoms with Crippen LogP contribution in [-0.4, -0.2) is 220 Å². The van der Waals surface area contributed by atoms with Crippen molar-refractivity contribution in [1.82, 2.24) is 44.6 Å². The van der Waals surface area contributed by atoms with Crippen LogP contribution >= 0.6 is 11.8 Å². The zero-order valence-corrected chi connectivity index (χ0v) is 47.6. The lowest BCUT2D eigenvalue weighted by atomic mass is 9.81. The van der Waals surface area contributed by atoms with Crippen molar-refractivity contribution in [3.8, 4) is 22.8 Å². The third kappa shape index (κ3) is 21.5. The van der Waals surface area contributed by atoms with E-state index in [1.54, 1.807) is 58.8 Å². The molecule has 79 heavy (non-hydrogen) atoms. The summed E-state index contributed by atoms with van der Waals surface area (Å²) >= 11 is 1.53. The van der Waals surface area contributed by atoms with Crippen molar-refractivity contribution in [2.75, 3.05) is 149 Å². The molecule has 26 heteroatoms. The molecule has 426 valence electrons. The molecule has 3 fully saturated rings. The molecule has 0 radical (unpaired) electrons. The summed E-state index contributed by atoms with van der Waals surface area (Å²) in [5.74, 6) is 4.01. The Morgan fingerprint density at radius 1 is 0.519 bits per heavy atom. The number of likely N-dealkylation sites (N-methyl/N-ethyl adjacent to an activating group) is 3. The maximum absolute atomic E-state index is 11.2. The van der Waals surface area contributed by atoms with E-state index >= 15 is 0 Å². The molecule has 3 aromatic carbocycles. The highest BCUT2D eigenvalue weighted by atomic mass is 32.3. The van der Waals surface area contributed by atoms with Gasteiger partial charge in [-0.3, -0.25) is 13.9 Å². The monoisotopic (exact) mass is 1130 g/mol. The molecule has 3 aromatic heterocycles. The number of methoxy groups -OCH3 is 4. The first-order valence-electron chi connectivity index (χ1n) is 25.2. The van der Waals surface area contributed by atoms with Gasteiger partial charge in [0.1, 0.15) is 34.5 Å². The molecule has 0 amide bonds. The number of carbonyl (C=O) groups excluding carboxylic acids is 1. The summed E-state index contributed by atoms with van der Waals surface area (Å²) in [6.45, 7) is 11.8. The van der Waals surface area contributed by atoms with E-state index in [-0.39, 0.29) is 0 Å². The van der Waals surface area contributed by atoms with Crippen LogP contribution in [-0.2, 0) is 29.3 Å². The highest BCUT2D eigenvalue weighted by molar-refractivity contribution is 7.98. The van der Waals surface area contributed by atoms with Crippen molar-refractivity contribution >= 4 is 58.5 Å². The molecule has 0 unspecified atom stereocenters. The van der Waals surface area contributed by atoms with E-state index in [1.165, 1.54) is 11.8 Å². The largest absolute Gasteiger partial charge is 0.488 e. The Morgan fingerprint density at radius 3 is 1.20 bits per heavy atom. The van der Waals surface area contributed by atoms with Gasteiger partial charge in [-0.15, -0.1) is 0 Å². The molecule has 9 rings (SSSR count). The Labute approximate surface area is 468 Å². The molecule has 0 saturated carbocycles. The first kappa shape index (κ1) is 63.7. The fraction of sp³-hybridized carbons (Fsp3) is 0.415. The molecule has 6 aromatic rings. The van der Waals surface area contributed by atoms with Crippen molar-refractivity contribution in [1.29, 1.82) is 0 Å². The summed E-state index contributed by atoms with van der Waals surface area (Å²) < 4.78 is 53.0. The van der Waals surface area contributed by atoms with Crippen LogP contribution in [0.25, 0.3) is 22.8 Å². The Kier molecular flexibility index (Phi) is 26.5. The van der Waals surface area contributed by atoms with Crippen LogP contribution in [0.15, 0.2) is 114 Å². The van der Waals surface area contributed by atoms with Crippen molar-refractivity contribution in [2.45, 2.75) is 17.7 Å². The van der Waals surface area contributed by atoms with Crippen molar-refractivity contribution in [3.05, 3.63) is 126 Å². The lowest BCUT2D eigenvalue weighted by Gasteiger charge is -2.33. The van der Waals surface area contributed by atoms with E-state index < -0.39 is 30.1 Å². The molecule has 3 aliphatic heterocycles. The van der Waals surface area contributed by atoms with Crippen LogP contribution in [0.1, 0.15) is 34.5 Å². The fourth-order valence-electron chi connectivity index (χ4n) is 8.05. The predicted octanol–water partition coefficient (Wildman–Crippen LogP) is 3.85. The SMILES string of the molecule is CN1CCN(c2cc(C=O)nc(-c3ccccc3)n2)CC1.COC(OC)c1cc(N2CCN(C)CC2)nc(-c2ccccc2)n1.COC(OC)c1cc(N2CCN(C)CC2)nc(SC)n1.O=S(=O)(O)O.OB(O)c1ccccc1. The number of ether oxygens (including phenoxy) is 4. The number of hydrogen-bond donors (Lipinski definition) is 4. The molecule has 0 atom stereocenters. The Bertz CT molecular complexity index is 2820. The number of benzene rings is 3. The second-order valence-electron chi connectivity index (χ2n) is 18.1. The number of piperazine rings is 3. The summed E-state index contributed by atoms with van der Waals surface area (Å²) in [6, 6.07) is 34.1. The predicted molar refractivity (Wildman–Crippen MR) is 307 cm³/mol. The molecular weight excluding hydrogens is 1060 g/mol. The van der Waals surface area contributed by atoms with E-state index in [0.717, 1.165) is 130 Å². The molecule has 3 saturated heterocycles. The van der Waals surface area contributed by atoms with Gasteiger partial charge >= 0.3 is 17.5 Å². The topological polar surface area (TPSA) is 266 Å². The van der Waals surface area contributed by atoms with Crippen molar-refractivity contribution in [2.24, 2.45) is 0 Å². The van der Waals surface area contributed by atoms with Gasteiger partial charge in [0, 0.05) is 136 Å². The summed E-state index contributed by atoms with van der Waals surface area (Å²) in [5.41, 5.74) is 4.37. The van der Waals surface area contributed by atoms with Crippen LogP contribution in [0.2, 0.25) is 0 Å². The molecular formula is C53H73BN12O11S2. The van der Waals surface area contributed by atoms with Gasteiger partial charge in [0.05, 0.1) is 0 Å². The standard InChI is InChI=1S/C18H24N4O2.C16H18N4O.C13H22N4O2S.C6H7BO2.H2O4S/c1-21-9-11-22(12-10-21)16-13-15(18(23-2)24-3)19-17(20-16)14-7-5-4-6-8-14;1-19-7-9-20(10-8-19)15-11-14(12-21)17-16(18-15)13-5-3-2-4-6-13;1-16-5-7-17(8-6-16)11-9-10(12(18-2)19-3)14-13(15-11)20-4;8-7(9)6-4-2-1-3-5-6;1-5(2,3)4/h4-8,13,18H,9-12H2,1-3H3;2-6,11-12H,7-10H2,1H3;9,12H,5-8H2,1-4H3;1-5,8-9H;(H2,1,2,3,4). The second kappa shape index (κ2) is 32.8. The molecule has 4 N–H and O–H groups in total. The second-order valence-corrected chi connectivity index (χ2v) is 19.8. The number of aromatic nitrogens is 6. The van der Waals surface area contributed by atoms with Crippen molar-refractivity contribution in [3.63, 3.8) is 0 Å². The molecule has 0 spiro atoms. The zero-order chi connectivity index (χ0) is 57.3. The maximum atomic E-state index is 11.2. The molecule has 3 aliphatic rings. The Morgan fingerprint density at radius 2 is 0.861 bits per heavy atom. The summed E-state index contributed by atoms with van der Waals surface area (Å²) in [7, 11) is 6.86. The zero-order valence-electron chi connectivity index (χ0n) is 46.0. The van der Waals surface area contributed by atoms with Gasteiger partial charge < -0.3 is 58.4 Å². The van der Waals surface area contributed by atoms with E-state index in [1.807, 2.05) is 85.1 Å². The first-order valence-corrected chi connectivity index (χ1v) is 27.9. The van der Waals surface area contributed by atoms with E-state index in [2.05, 4.69) is 75.5 Å². The third-order valence-electron chi connectivity index (χ3n) is 12.5. The first-order chi connectivity index (χ1) is 37.9. The summed E-state index contributed by atoms with van der Waals surface area (Å²) in [5, 5.41) is 17.9. The molecule has 0 bridgehead atoms. The van der Waals surface area contributed by atoms with E-state index in [9.17, 15) is 4.79 Å². The number of carbonyl (C=O) groups is 1. The number of rotatable bonds is 14. The number of aldehydes is 1. The highest BCUT2D eigenvalue weighted by Gasteiger charge is 2.23. The van der Waals surface area contributed by atoms with E-state index in [4.69, 9.17) is 51.5 Å². The lowest BCUT2D eigenvalue weighted by Crippen LogP contribution is -2.45. The fourth-order valence-corrected chi connectivity index (χ4v) is 8.44. The molecule has 0 aliphatic carbocycles. The van der Waals surface area contributed by atoms with Crippen LogP contribution in [0.3, 0.4) is 0 Å². The van der Waals surface area contributed by atoms with Crippen LogP contribution in [0.5, 0.6) is 0 Å². The van der Waals surface area contributed by atoms with Crippen LogP contribution < -0.4 is 20.2 Å². The van der Waals surface area contributed by atoms with Gasteiger partial charge in [-0.2, -0.15) is 8.42 Å². The number of thioether (sulfide) groups is 1. The van der Waals surface area contributed by atoms with Gasteiger partial charge in [-0.1, -0.05) is 103 Å². The maximum Gasteiger partial charge on any atom is 0.488 e. The molecule has 23 nitrogen and oxygen atoms in total. The van der Waals surface area contributed by atoms with Crippen LogP contribution in [0, 0.1) is 0 Å². The number of anilines is 3. The van der Waals surface area contributed by atoms with Crippen molar-refractivity contribution < 1.29 is 51.3 Å². The summed E-state index contributed by atoms with van der Waals surface area (Å²) in [6.07, 6.45) is 1.81. The van der Waals surface area contributed by atoms with Gasteiger partial charge in [0.25, 0.3) is 0 Å². The molecule has 6 heterocycles. The number of hydrogen-bond acceptors (Lipinski definition) is 22. The van der Waals surface area contributed by atoms with Gasteiger partial charge in [0.2, 0.25) is 12.6 Å². The minimum atomic E-state index is -4.67. The average molecular weight is 1130 g/mol. The smallest absolute Gasteiger partial charge is 0.423 e. The average Bonchev–Trinajstić information content (AvgIpc) is 3.48. The minimum Gasteiger partial charge on any atom is -0.423 e. The van der Waals surface area contributed by atoms with Gasteiger partial charge in [-0.25, -0.2) is 29.9 Å². The van der Waals surface area contributed by atoms with Gasteiger partial charge in [0.15, 0.2) is 23.1 Å². The van der Waals surface area contributed by atoms with Crippen LogP contribution in [0.4, 0.5) is 17.5 Å². The normalized spacial score (nSPS) is 15.1. The summed E-state index contributed by atoms with van der Waals surface area (Å²) in [4.78, 5) is 52.3. The number of nitrogens with zero attached hydrogens (tertiary/aromatic N) is 12.